The largest absolute Gasteiger partial charge is 0.480 e. The highest BCUT2D eigenvalue weighted by atomic mass is 32.2. The van der Waals surface area contributed by atoms with E-state index in [4.69, 9.17) is 5.11 Å². The van der Waals surface area contributed by atoms with E-state index in [1.54, 1.807) is 4.90 Å². The van der Waals surface area contributed by atoms with Gasteiger partial charge in [0, 0.05) is 23.6 Å². The van der Waals surface area contributed by atoms with E-state index in [2.05, 4.69) is 12.2 Å². The lowest BCUT2D eigenvalue weighted by Crippen LogP contribution is -2.56. The molecule has 17 heavy (non-hydrogen) atoms. The highest BCUT2D eigenvalue weighted by Crippen LogP contribution is 2.36. The minimum atomic E-state index is -0.982. The van der Waals surface area contributed by atoms with Crippen molar-refractivity contribution in [3.05, 3.63) is 0 Å². The summed E-state index contributed by atoms with van der Waals surface area (Å²) >= 11 is 1.85. The minimum Gasteiger partial charge on any atom is -0.480 e. The van der Waals surface area contributed by atoms with Crippen molar-refractivity contribution in [3.63, 3.8) is 0 Å². The molecule has 2 unspecified atom stereocenters. The van der Waals surface area contributed by atoms with Crippen LogP contribution >= 0.6 is 11.8 Å². The quantitative estimate of drug-likeness (QED) is 0.779. The molecule has 1 saturated heterocycles. The molecule has 1 aliphatic heterocycles. The van der Waals surface area contributed by atoms with Crippen molar-refractivity contribution in [2.24, 2.45) is 0 Å². The molecule has 2 fully saturated rings. The Morgan fingerprint density at radius 2 is 2.06 bits per heavy atom. The molecule has 2 atom stereocenters. The lowest BCUT2D eigenvalue weighted by Gasteiger charge is -2.38. The summed E-state index contributed by atoms with van der Waals surface area (Å²) in [6.45, 7) is 4.80. The van der Waals surface area contributed by atoms with Gasteiger partial charge in [-0.05, 0) is 19.8 Å². The molecule has 1 heterocycles. The molecule has 0 bridgehead atoms. The van der Waals surface area contributed by atoms with Crippen LogP contribution in [0.15, 0.2) is 0 Å². The first kappa shape index (κ1) is 12.5. The zero-order valence-electron chi connectivity index (χ0n) is 10.1. The minimum absolute atomic E-state index is 0.151. The van der Waals surface area contributed by atoms with E-state index in [9.17, 15) is 9.59 Å². The fraction of sp³-hybridized carbons (Fsp3) is 0.818. The van der Waals surface area contributed by atoms with Crippen LogP contribution in [0.25, 0.3) is 0 Å². The Hall–Kier alpha value is -0.910. The van der Waals surface area contributed by atoms with Gasteiger partial charge in [0.2, 0.25) is 0 Å². The Morgan fingerprint density at radius 3 is 2.59 bits per heavy atom. The van der Waals surface area contributed by atoms with Gasteiger partial charge in [-0.25, -0.2) is 9.59 Å². The lowest BCUT2D eigenvalue weighted by atomic mass is 10.2. The number of nitrogens with one attached hydrogen (secondary N) is 1. The summed E-state index contributed by atoms with van der Waals surface area (Å²) in [6, 6.07) is -0.0807. The summed E-state index contributed by atoms with van der Waals surface area (Å²) in [6.07, 6.45) is 1.08. The molecule has 2 aliphatic rings. The van der Waals surface area contributed by atoms with E-state index in [0.29, 0.717) is 24.6 Å². The van der Waals surface area contributed by atoms with Crippen molar-refractivity contribution in [2.75, 3.05) is 12.3 Å². The fourth-order valence-electron chi connectivity index (χ4n) is 2.01. The van der Waals surface area contributed by atoms with Gasteiger partial charge in [0.15, 0.2) is 0 Å². The molecule has 2 N–H and O–H groups in total. The zero-order chi connectivity index (χ0) is 12.6. The highest BCUT2D eigenvalue weighted by molar-refractivity contribution is 8.00. The zero-order valence-corrected chi connectivity index (χ0v) is 10.9. The van der Waals surface area contributed by atoms with Crippen LogP contribution < -0.4 is 5.32 Å². The molecule has 5 nitrogen and oxygen atoms in total. The Labute approximate surface area is 105 Å². The fourth-order valence-corrected chi connectivity index (χ4v) is 3.11. The van der Waals surface area contributed by atoms with Crippen LogP contribution in [0.5, 0.6) is 0 Å². The molecule has 0 spiro atoms. The second-order valence-corrected chi connectivity index (χ2v) is 6.31. The van der Waals surface area contributed by atoms with Gasteiger partial charge in [-0.3, -0.25) is 0 Å². The first-order chi connectivity index (χ1) is 7.96. The summed E-state index contributed by atoms with van der Waals surface area (Å²) in [4.78, 5) is 24.8. The summed E-state index contributed by atoms with van der Waals surface area (Å²) in [5.74, 6) is -0.00291. The van der Waals surface area contributed by atoms with E-state index < -0.39 is 11.5 Å². The number of urea groups is 1. The van der Waals surface area contributed by atoms with Gasteiger partial charge >= 0.3 is 12.0 Å². The second-order valence-electron chi connectivity index (χ2n) is 4.83. The molecule has 1 saturated carbocycles. The third kappa shape index (κ3) is 2.36. The summed E-state index contributed by atoms with van der Waals surface area (Å²) in [7, 11) is 0. The van der Waals surface area contributed by atoms with E-state index in [-0.39, 0.29) is 12.1 Å². The van der Waals surface area contributed by atoms with Crippen molar-refractivity contribution >= 4 is 23.8 Å². The van der Waals surface area contributed by atoms with E-state index in [1.165, 1.54) is 0 Å². The predicted octanol–water partition coefficient (Wildman–Crippen LogP) is 1.14. The number of nitrogens with zero attached hydrogens (tertiary/aromatic N) is 1. The number of hydrogen-bond acceptors (Lipinski definition) is 3. The highest BCUT2D eigenvalue weighted by Gasteiger charge is 2.52. The molecule has 6 heteroatoms. The van der Waals surface area contributed by atoms with Crippen molar-refractivity contribution < 1.29 is 14.7 Å². The van der Waals surface area contributed by atoms with Crippen LogP contribution in [0, 0.1) is 0 Å². The maximum atomic E-state index is 12.1. The van der Waals surface area contributed by atoms with Gasteiger partial charge in [-0.2, -0.15) is 11.8 Å². The van der Waals surface area contributed by atoms with Crippen LogP contribution in [-0.4, -0.2) is 51.1 Å². The van der Waals surface area contributed by atoms with Crippen LogP contribution in [0.4, 0.5) is 4.79 Å². The number of carbonyl (C=O) groups is 2. The van der Waals surface area contributed by atoms with Gasteiger partial charge in [0.1, 0.15) is 5.54 Å². The Bertz CT molecular complexity index is 344. The van der Waals surface area contributed by atoms with Crippen LogP contribution in [0.1, 0.15) is 26.7 Å². The van der Waals surface area contributed by atoms with Crippen LogP contribution in [0.3, 0.4) is 0 Å². The normalized spacial score (nSPS) is 30.8. The second kappa shape index (κ2) is 4.40. The van der Waals surface area contributed by atoms with Crippen molar-refractivity contribution in [3.8, 4) is 0 Å². The molecule has 0 radical (unpaired) electrons. The van der Waals surface area contributed by atoms with Crippen molar-refractivity contribution in [1.29, 1.82) is 0 Å². The van der Waals surface area contributed by atoms with Gasteiger partial charge < -0.3 is 15.3 Å². The number of thioether (sulfide) groups is 1. The number of aliphatic carboxylic acids is 1. The van der Waals surface area contributed by atoms with Gasteiger partial charge in [0.25, 0.3) is 0 Å². The Kier molecular flexibility index (Phi) is 3.25. The molecular formula is C11H18N2O3S. The number of hydrogen-bond donors (Lipinski definition) is 2. The SMILES string of the molecule is CC1SCCN(C(=O)NC2(C(=O)O)CC2)C1C. The summed E-state index contributed by atoms with van der Waals surface area (Å²) in [5.41, 5.74) is -0.982. The van der Waals surface area contributed by atoms with E-state index in [1.807, 2.05) is 18.7 Å². The molecule has 0 aromatic heterocycles. The van der Waals surface area contributed by atoms with Crippen molar-refractivity contribution in [2.45, 2.75) is 43.5 Å². The topological polar surface area (TPSA) is 69.6 Å². The smallest absolute Gasteiger partial charge is 0.329 e. The third-order valence-corrected chi connectivity index (χ3v) is 4.99. The van der Waals surface area contributed by atoms with Gasteiger partial charge in [0.05, 0.1) is 0 Å². The van der Waals surface area contributed by atoms with E-state index >= 15 is 0 Å². The Balaban J connectivity index is 1.98. The molecule has 2 amide bonds. The van der Waals surface area contributed by atoms with Gasteiger partial charge in [-0.1, -0.05) is 6.92 Å². The van der Waals surface area contributed by atoms with E-state index in [0.717, 1.165) is 5.75 Å². The molecule has 1 aliphatic carbocycles. The standard InChI is InChI=1S/C11H18N2O3S/c1-7-8(2)17-6-5-13(7)10(16)12-11(3-4-11)9(14)15/h7-8H,3-6H2,1-2H3,(H,12,16)(H,14,15). The summed E-state index contributed by atoms with van der Waals surface area (Å²) in [5, 5.41) is 12.1. The lowest BCUT2D eigenvalue weighted by molar-refractivity contribution is -0.140. The third-order valence-electron chi connectivity index (χ3n) is 3.65. The first-order valence-corrected chi connectivity index (χ1v) is 6.95. The van der Waals surface area contributed by atoms with Crippen molar-refractivity contribution in [1.82, 2.24) is 10.2 Å². The Morgan fingerprint density at radius 1 is 1.41 bits per heavy atom. The average molecular weight is 258 g/mol. The molecule has 0 aromatic carbocycles. The van der Waals surface area contributed by atoms with Gasteiger partial charge in [-0.15, -0.1) is 0 Å². The molecule has 0 aromatic rings. The molecule has 96 valence electrons. The maximum absolute atomic E-state index is 12.1. The van der Waals surface area contributed by atoms with Crippen LogP contribution in [-0.2, 0) is 4.79 Å². The number of carboxylic acids is 1. The molecular weight excluding hydrogens is 240 g/mol. The number of rotatable bonds is 2. The maximum Gasteiger partial charge on any atom is 0.329 e. The monoisotopic (exact) mass is 258 g/mol. The number of amides is 2. The van der Waals surface area contributed by atoms with Crippen LogP contribution in [0.2, 0.25) is 0 Å². The predicted molar refractivity (Wildman–Crippen MR) is 66.2 cm³/mol. The molecule has 2 rings (SSSR count). The number of carbonyl (C=O) groups excluding carboxylic acids is 1. The average Bonchev–Trinajstić information content (AvgIpc) is 3.03. The first-order valence-electron chi connectivity index (χ1n) is 5.90. The summed E-state index contributed by atoms with van der Waals surface area (Å²) < 4.78 is 0. The number of carboxylic acid groups (broad SMARTS) is 1.